The van der Waals surface area contributed by atoms with E-state index >= 15 is 0 Å². The lowest BCUT2D eigenvalue weighted by Gasteiger charge is -2.25. The third-order valence-corrected chi connectivity index (χ3v) is 6.27. The van der Waals surface area contributed by atoms with Gasteiger partial charge in [-0.3, -0.25) is 9.59 Å². The first-order valence-corrected chi connectivity index (χ1v) is 9.93. The molecule has 1 aromatic carbocycles. The second-order valence-electron chi connectivity index (χ2n) is 6.96. The minimum Gasteiger partial charge on any atom is -0.450 e. The Morgan fingerprint density at radius 1 is 1.23 bits per heavy atom. The number of para-hydroxylation sites is 2. The lowest BCUT2D eigenvalue weighted by atomic mass is 10.1. The third kappa shape index (κ3) is 3.35. The fraction of sp³-hybridized carbons (Fsp3) is 0.529. The van der Waals surface area contributed by atoms with Crippen LogP contribution in [-0.4, -0.2) is 45.0 Å². The van der Waals surface area contributed by atoms with Gasteiger partial charge in [0.25, 0.3) is 5.91 Å². The molecule has 1 N–H and O–H groups in total. The number of carbonyl (C=O) groups excluding carboxylic acids is 2. The van der Waals surface area contributed by atoms with Crippen molar-refractivity contribution in [3.05, 3.63) is 24.3 Å². The maximum atomic E-state index is 12.9. The summed E-state index contributed by atoms with van der Waals surface area (Å²) in [5.74, 6) is -1.03. The van der Waals surface area contributed by atoms with Crippen LogP contribution in [0.2, 0.25) is 0 Å². The molecule has 142 valence electrons. The van der Waals surface area contributed by atoms with Gasteiger partial charge in [0, 0.05) is 19.5 Å². The Morgan fingerprint density at radius 3 is 2.42 bits per heavy atom. The highest BCUT2D eigenvalue weighted by Gasteiger charge is 2.47. The SMILES string of the molecule is CC(=O)OC(C)(C)C(=O)NCCN1c2ccccc2N(C2CC2)S1(=O)=O. The van der Waals surface area contributed by atoms with E-state index in [1.165, 1.54) is 29.4 Å². The summed E-state index contributed by atoms with van der Waals surface area (Å²) in [6.45, 7) is 4.41. The molecule has 1 aliphatic carbocycles. The Balaban J connectivity index is 1.70. The van der Waals surface area contributed by atoms with E-state index in [0.717, 1.165) is 12.8 Å². The van der Waals surface area contributed by atoms with Gasteiger partial charge in [0.15, 0.2) is 5.60 Å². The van der Waals surface area contributed by atoms with Crippen molar-refractivity contribution in [3.8, 4) is 0 Å². The van der Waals surface area contributed by atoms with E-state index in [1.54, 1.807) is 18.2 Å². The first-order chi connectivity index (χ1) is 12.1. The lowest BCUT2D eigenvalue weighted by Crippen LogP contribution is -2.48. The van der Waals surface area contributed by atoms with E-state index < -0.39 is 27.7 Å². The van der Waals surface area contributed by atoms with Crippen molar-refractivity contribution in [1.82, 2.24) is 5.32 Å². The zero-order valence-electron chi connectivity index (χ0n) is 15.1. The smallest absolute Gasteiger partial charge is 0.326 e. The van der Waals surface area contributed by atoms with Gasteiger partial charge in [-0.1, -0.05) is 12.1 Å². The Hall–Kier alpha value is -2.29. The molecule has 0 spiro atoms. The number of carbonyl (C=O) groups is 2. The van der Waals surface area contributed by atoms with Crippen LogP contribution in [0.25, 0.3) is 0 Å². The minimum absolute atomic E-state index is 0.0173. The van der Waals surface area contributed by atoms with Gasteiger partial charge in [-0.25, -0.2) is 8.61 Å². The van der Waals surface area contributed by atoms with Gasteiger partial charge in [0.2, 0.25) is 0 Å². The molecule has 1 aromatic rings. The third-order valence-electron chi connectivity index (χ3n) is 4.34. The van der Waals surface area contributed by atoms with Gasteiger partial charge in [-0.05, 0) is 38.8 Å². The summed E-state index contributed by atoms with van der Waals surface area (Å²) in [6.07, 6.45) is 1.71. The van der Waals surface area contributed by atoms with Crippen molar-refractivity contribution in [2.75, 3.05) is 21.7 Å². The monoisotopic (exact) mass is 381 g/mol. The van der Waals surface area contributed by atoms with E-state index in [1.807, 2.05) is 6.07 Å². The summed E-state index contributed by atoms with van der Waals surface area (Å²) < 4.78 is 33.6. The van der Waals surface area contributed by atoms with Crippen molar-refractivity contribution in [3.63, 3.8) is 0 Å². The quantitative estimate of drug-likeness (QED) is 0.747. The highest BCUT2D eigenvalue weighted by Crippen LogP contribution is 2.46. The number of benzene rings is 1. The van der Waals surface area contributed by atoms with Gasteiger partial charge in [-0.15, -0.1) is 0 Å². The highest BCUT2D eigenvalue weighted by atomic mass is 32.2. The van der Waals surface area contributed by atoms with E-state index in [-0.39, 0.29) is 19.1 Å². The maximum absolute atomic E-state index is 12.9. The maximum Gasteiger partial charge on any atom is 0.326 e. The fourth-order valence-corrected chi connectivity index (χ4v) is 4.96. The van der Waals surface area contributed by atoms with Crippen LogP contribution in [0.3, 0.4) is 0 Å². The van der Waals surface area contributed by atoms with Crippen LogP contribution in [0.1, 0.15) is 33.6 Å². The molecule has 1 aliphatic heterocycles. The summed E-state index contributed by atoms with van der Waals surface area (Å²) >= 11 is 0. The number of anilines is 2. The first-order valence-electron chi connectivity index (χ1n) is 8.53. The molecule has 1 fully saturated rings. The zero-order valence-corrected chi connectivity index (χ0v) is 15.9. The lowest BCUT2D eigenvalue weighted by molar-refractivity contribution is -0.162. The predicted octanol–water partition coefficient (Wildman–Crippen LogP) is 1.18. The molecule has 0 aromatic heterocycles. The Labute approximate surface area is 153 Å². The molecule has 1 heterocycles. The summed E-state index contributed by atoms with van der Waals surface area (Å²) in [6, 6.07) is 7.19. The molecule has 0 unspecified atom stereocenters. The average molecular weight is 381 g/mol. The Kier molecular flexibility index (Phi) is 4.60. The van der Waals surface area contributed by atoms with E-state index in [2.05, 4.69) is 5.32 Å². The van der Waals surface area contributed by atoms with Crippen LogP contribution in [0.4, 0.5) is 11.4 Å². The second kappa shape index (κ2) is 6.46. The summed E-state index contributed by atoms with van der Waals surface area (Å²) in [5, 5.41) is 2.64. The molecular formula is C17H23N3O5S. The Bertz CT molecular complexity index is 833. The number of amides is 1. The van der Waals surface area contributed by atoms with E-state index in [4.69, 9.17) is 4.74 Å². The molecule has 9 heteroatoms. The number of hydrogen-bond acceptors (Lipinski definition) is 5. The number of fused-ring (bicyclic) bond motifs is 1. The summed E-state index contributed by atoms with van der Waals surface area (Å²) in [4.78, 5) is 23.3. The van der Waals surface area contributed by atoms with Gasteiger partial charge in [0.05, 0.1) is 17.9 Å². The average Bonchev–Trinajstić information content (AvgIpc) is 3.32. The van der Waals surface area contributed by atoms with Crippen molar-refractivity contribution in [1.29, 1.82) is 0 Å². The van der Waals surface area contributed by atoms with Crippen LogP contribution >= 0.6 is 0 Å². The number of nitrogens with zero attached hydrogens (tertiary/aromatic N) is 2. The van der Waals surface area contributed by atoms with E-state index in [9.17, 15) is 18.0 Å². The number of esters is 1. The van der Waals surface area contributed by atoms with Crippen LogP contribution in [0.5, 0.6) is 0 Å². The predicted molar refractivity (Wildman–Crippen MR) is 97.1 cm³/mol. The molecule has 3 rings (SSSR count). The van der Waals surface area contributed by atoms with Crippen molar-refractivity contribution in [2.24, 2.45) is 0 Å². The van der Waals surface area contributed by atoms with Crippen molar-refractivity contribution >= 4 is 33.5 Å². The van der Waals surface area contributed by atoms with Gasteiger partial charge < -0.3 is 10.1 Å². The molecular weight excluding hydrogens is 358 g/mol. The minimum atomic E-state index is -3.65. The van der Waals surface area contributed by atoms with Crippen LogP contribution in [0, 0.1) is 0 Å². The van der Waals surface area contributed by atoms with Crippen LogP contribution in [-0.2, 0) is 24.5 Å². The van der Waals surface area contributed by atoms with Gasteiger partial charge in [0.1, 0.15) is 0 Å². The standard InChI is InChI=1S/C17H23N3O5S/c1-12(21)25-17(2,3)16(22)18-10-11-19-14-6-4-5-7-15(14)20(13-8-9-13)26(19,23)24/h4-7,13H,8-11H2,1-3H3,(H,18,22). The molecule has 1 saturated carbocycles. The largest absolute Gasteiger partial charge is 0.450 e. The topological polar surface area (TPSA) is 96.0 Å². The normalized spacial score (nSPS) is 18.4. The Morgan fingerprint density at radius 2 is 1.85 bits per heavy atom. The van der Waals surface area contributed by atoms with Gasteiger partial charge in [-0.2, -0.15) is 8.42 Å². The number of ether oxygens (including phenoxy) is 1. The summed E-state index contributed by atoms with van der Waals surface area (Å²) in [5.41, 5.74) is -0.0114. The zero-order chi connectivity index (χ0) is 19.1. The second-order valence-corrected chi connectivity index (χ2v) is 8.69. The molecule has 1 amide bonds. The van der Waals surface area contributed by atoms with E-state index in [0.29, 0.717) is 11.4 Å². The number of hydrogen-bond donors (Lipinski definition) is 1. The fourth-order valence-electron chi connectivity index (χ4n) is 3.04. The summed E-state index contributed by atoms with van der Waals surface area (Å²) in [7, 11) is -3.65. The van der Waals surface area contributed by atoms with Gasteiger partial charge >= 0.3 is 16.2 Å². The number of rotatable bonds is 6. The molecule has 0 atom stereocenters. The van der Waals surface area contributed by atoms with Crippen LogP contribution < -0.4 is 13.9 Å². The first kappa shape index (κ1) is 18.5. The highest BCUT2D eigenvalue weighted by molar-refractivity contribution is 7.94. The molecule has 26 heavy (non-hydrogen) atoms. The van der Waals surface area contributed by atoms with Crippen molar-refractivity contribution < 1.29 is 22.7 Å². The molecule has 0 radical (unpaired) electrons. The van der Waals surface area contributed by atoms with Crippen LogP contribution in [0.15, 0.2) is 24.3 Å². The molecule has 0 bridgehead atoms. The molecule has 2 aliphatic rings. The molecule has 8 nitrogen and oxygen atoms in total. The van der Waals surface area contributed by atoms with Crippen molar-refractivity contribution in [2.45, 2.75) is 45.3 Å². The molecule has 0 saturated heterocycles. The number of nitrogens with one attached hydrogen (secondary N) is 1.